The molecule has 0 saturated carbocycles. The van der Waals surface area contributed by atoms with Crippen molar-refractivity contribution in [2.24, 2.45) is 0 Å². The number of tetrazole rings is 1. The maximum Gasteiger partial charge on any atom is 0.407 e. The number of aromatic nitrogens is 4. The minimum Gasteiger partial charge on any atom is -0.465 e. The molecule has 0 saturated heterocycles. The van der Waals surface area contributed by atoms with Crippen LogP contribution in [0.3, 0.4) is 0 Å². The van der Waals surface area contributed by atoms with E-state index in [2.05, 4.69) is 25.9 Å². The van der Waals surface area contributed by atoms with Crippen LogP contribution in [0.25, 0.3) is 0 Å². The number of anilines is 1. The van der Waals surface area contributed by atoms with Crippen molar-refractivity contribution in [2.75, 3.05) is 18.4 Å². The first-order valence-electron chi connectivity index (χ1n) is 11.5. The Labute approximate surface area is 228 Å². The fourth-order valence-corrected chi connectivity index (χ4v) is 5.16. The van der Waals surface area contributed by atoms with Crippen LogP contribution in [-0.4, -0.2) is 69.2 Å². The van der Waals surface area contributed by atoms with Crippen LogP contribution >= 0.6 is 11.6 Å². The van der Waals surface area contributed by atoms with E-state index in [4.69, 9.17) is 11.6 Å². The third-order valence-electron chi connectivity index (χ3n) is 5.80. The average molecular weight is 571 g/mol. The van der Waals surface area contributed by atoms with Crippen molar-refractivity contribution >= 4 is 39.4 Å². The van der Waals surface area contributed by atoms with Gasteiger partial charge in [-0.25, -0.2) is 13.2 Å². The van der Waals surface area contributed by atoms with Gasteiger partial charge >= 0.3 is 6.09 Å². The minimum atomic E-state index is -3.86. The number of aromatic amines is 1. The monoisotopic (exact) mass is 570 g/mol. The second-order valence-electron chi connectivity index (χ2n) is 8.41. The molecule has 1 aromatic heterocycles. The lowest BCUT2D eigenvalue weighted by Gasteiger charge is -2.23. The van der Waals surface area contributed by atoms with Crippen LogP contribution in [0, 0.1) is 0 Å². The zero-order valence-electron chi connectivity index (χ0n) is 20.2. The van der Waals surface area contributed by atoms with E-state index in [9.17, 15) is 28.2 Å². The summed E-state index contributed by atoms with van der Waals surface area (Å²) in [6.45, 7) is -0.0578. The molecule has 0 bridgehead atoms. The van der Waals surface area contributed by atoms with E-state index >= 15 is 0 Å². The molecular formula is C25H23ClN6O6S. The number of aliphatic hydroxyl groups is 1. The van der Waals surface area contributed by atoms with Crippen molar-refractivity contribution in [3.63, 3.8) is 0 Å². The molecule has 0 aliphatic heterocycles. The van der Waals surface area contributed by atoms with Crippen molar-refractivity contribution < 1.29 is 28.2 Å². The number of hydrogen-bond acceptors (Lipinski definition) is 8. The number of aliphatic hydroxyl groups excluding tert-OH is 1. The summed E-state index contributed by atoms with van der Waals surface area (Å²) in [5, 5.41) is 35.6. The molecule has 2 amide bonds. The van der Waals surface area contributed by atoms with Crippen LogP contribution in [0.1, 0.15) is 27.6 Å². The Bertz CT molecular complexity index is 1550. The molecule has 0 aliphatic rings. The molecular weight excluding hydrogens is 548 g/mol. The number of benzene rings is 3. The molecule has 12 nitrogen and oxygen atoms in total. The molecule has 4 N–H and O–H groups in total. The molecule has 4 aromatic rings. The van der Waals surface area contributed by atoms with Crippen molar-refractivity contribution in [3.05, 3.63) is 94.5 Å². The summed E-state index contributed by atoms with van der Waals surface area (Å²) < 4.78 is 26.1. The predicted molar refractivity (Wildman–Crippen MR) is 140 cm³/mol. The molecule has 0 radical (unpaired) electrons. The summed E-state index contributed by atoms with van der Waals surface area (Å²) in [5.41, 5.74) is 1.42. The number of rotatable bonds is 10. The number of carbonyl (C=O) groups excluding carboxylic acids is 1. The number of nitrogens with one attached hydrogen (secondary N) is 2. The minimum absolute atomic E-state index is 0.00147. The van der Waals surface area contributed by atoms with E-state index in [1.165, 1.54) is 36.4 Å². The first-order chi connectivity index (χ1) is 18.6. The van der Waals surface area contributed by atoms with Crippen LogP contribution < -0.4 is 5.32 Å². The standard InChI is InChI=1S/C25H23ClN6O6S/c26-19-3-1-2-18(14-19)22(33)15-32(25(35)36)13-12-16-4-8-20(9-5-16)39(37,38)21-10-6-17(7-11-21)23(34)27-24-28-30-31-29-24/h1-11,14,22,33H,12-13,15H2,(H,35,36)(H2,27,28,29,30,31,34)/t22-/m0/s1. The van der Waals surface area contributed by atoms with Gasteiger partial charge in [-0.05, 0) is 71.3 Å². The van der Waals surface area contributed by atoms with Gasteiger partial charge in [0.25, 0.3) is 11.9 Å². The van der Waals surface area contributed by atoms with Crippen molar-refractivity contribution in [1.82, 2.24) is 25.5 Å². The Morgan fingerprint density at radius 1 is 1.03 bits per heavy atom. The lowest BCUT2D eigenvalue weighted by molar-refractivity contribution is 0.0973. The van der Waals surface area contributed by atoms with Gasteiger partial charge in [-0.2, -0.15) is 5.21 Å². The van der Waals surface area contributed by atoms with Crippen LogP contribution in [-0.2, 0) is 16.3 Å². The van der Waals surface area contributed by atoms with E-state index in [1.807, 2.05) is 0 Å². The molecule has 1 atom stereocenters. The van der Waals surface area contributed by atoms with E-state index in [0.29, 0.717) is 22.6 Å². The molecule has 0 fully saturated rings. The normalized spacial score (nSPS) is 12.1. The zero-order valence-corrected chi connectivity index (χ0v) is 21.8. The number of nitrogens with zero attached hydrogens (tertiary/aromatic N) is 4. The molecule has 0 aliphatic carbocycles. The molecule has 14 heteroatoms. The highest BCUT2D eigenvalue weighted by molar-refractivity contribution is 7.91. The van der Waals surface area contributed by atoms with Crippen molar-refractivity contribution in [1.29, 1.82) is 0 Å². The largest absolute Gasteiger partial charge is 0.465 e. The summed E-state index contributed by atoms with van der Waals surface area (Å²) >= 11 is 5.95. The zero-order chi connectivity index (χ0) is 28.0. The fraction of sp³-hybridized carbons (Fsp3) is 0.160. The number of H-pyrrole nitrogens is 1. The van der Waals surface area contributed by atoms with Gasteiger partial charge in [-0.3, -0.25) is 10.1 Å². The second-order valence-corrected chi connectivity index (χ2v) is 10.8. The highest BCUT2D eigenvalue weighted by Gasteiger charge is 2.20. The lowest BCUT2D eigenvalue weighted by atomic mass is 10.1. The second kappa shape index (κ2) is 12.0. The van der Waals surface area contributed by atoms with E-state index in [1.54, 1.807) is 36.4 Å². The summed E-state index contributed by atoms with van der Waals surface area (Å²) in [5.74, 6) is -0.541. The van der Waals surface area contributed by atoms with Crippen LogP contribution in [0.5, 0.6) is 0 Å². The molecule has 202 valence electrons. The van der Waals surface area contributed by atoms with Gasteiger partial charge in [-0.15, -0.1) is 5.10 Å². The highest BCUT2D eigenvalue weighted by atomic mass is 35.5. The smallest absolute Gasteiger partial charge is 0.407 e. The quantitative estimate of drug-likeness (QED) is 0.223. The van der Waals surface area contributed by atoms with Gasteiger partial charge in [0.2, 0.25) is 9.84 Å². The molecule has 0 unspecified atom stereocenters. The van der Waals surface area contributed by atoms with Gasteiger partial charge < -0.3 is 15.1 Å². The first-order valence-corrected chi connectivity index (χ1v) is 13.4. The summed E-state index contributed by atoms with van der Waals surface area (Å²) in [4.78, 5) is 25.1. The lowest BCUT2D eigenvalue weighted by Crippen LogP contribution is -2.35. The van der Waals surface area contributed by atoms with Gasteiger partial charge in [0.05, 0.1) is 22.4 Å². The summed E-state index contributed by atoms with van der Waals surface area (Å²) in [7, 11) is -3.86. The maximum absolute atomic E-state index is 13.1. The number of amides is 2. The van der Waals surface area contributed by atoms with Crippen LogP contribution in [0.4, 0.5) is 10.7 Å². The number of hydrogen-bond donors (Lipinski definition) is 4. The third kappa shape index (κ3) is 6.96. The number of carbonyl (C=O) groups is 2. The molecule has 0 spiro atoms. The van der Waals surface area contributed by atoms with Crippen molar-refractivity contribution in [3.8, 4) is 0 Å². The van der Waals surface area contributed by atoms with Gasteiger partial charge in [0.15, 0.2) is 0 Å². The van der Waals surface area contributed by atoms with Gasteiger partial charge in [-0.1, -0.05) is 41.0 Å². The Kier molecular flexibility index (Phi) is 8.54. The SMILES string of the molecule is O=C(Nc1nn[nH]n1)c1ccc(S(=O)(=O)c2ccc(CCN(C[C@H](O)c3cccc(Cl)c3)C(=O)O)cc2)cc1. The van der Waals surface area contributed by atoms with Gasteiger partial charge in [0.1, 0.15) is 0 Å². The summed E-state index contributed by atoms with van der Waals surface area (Å²) in [6, 6.07) is 18.0. The van der Waals surface area contributed by atoms with Crippen LogP contribution in [0.15, 0.2) is 82.6 Å². The molecule has 4 rings (SSSR count). The van der Waals surface area contributed by atoms with E-state index in [-0.39, 0.29) is 34.4 Å². The number of carboxylic acid groups (broad SMARTS) is 1. The van der Waals surface area contributed by atoms with Crippen LogP contribution in [0.2, 0.25) is 5.02 Å². The van der Waals surface area contributed by atoms with Gasteiger partial charge in [0, 0.05) is 17.1 Å². The maximum atomic E-state index is 13.1. The molecule has 3 aromatic carbocycles. The Balaban J connectivity index is 1.38. The van der Waals surface area contributed by atoms with Crippen molar-refractivity contribution in [2.45, 2.75) is 22.3 Å². The molecule has 39 heavy (non-hydrogen) atoms. The fourth-order valence-electron chi connectivity index (χ4n) is 3.70. The Morgan fingerprint density at radius 2 is 1.69 bits per heavy atom. The van der Waals surface area contributed by atoms with E-state index < -0.39 is 27.9 Å². The topological polar surface area (TPSA) is 178 Å². The van der Waals surface area contributed by atoms with E-state index in [0.717, 1.165) is 4.90 Å². The third-order valence-corrected chi connectivity index (χ3v) is 7.82. The Morgan fingerprint density at radius 3 is 2.28 bits per heavy atom. The number of sulfone groups is 1. The number of halogens is 1. The first kappa shape index (κ1) is 27.7. The predicted octanol–water partition coefficient (Wildman–Crippen LogP) is 3.19. The highest BCUT2D eigenvalue weighted by Crippen LogP contribution is 2.23. The molecule has 1 heterocycles. The average Bonchev–Trinajstić information content (AvgIpc) is 3.44. The summed E-state index contributed by atoms with van der Waals surface area (Å²) in [6.07, 6.45) is -1.94. The Hall–Kier alpha value is -4.33.